The molecular weight excluding hydrogens is 268 g/mol. The predicted octanol–water partition coefficient (Wildman–Crippen LogP) is 2.84. The number of aromatic nitrogens is 1. The number of carbonyl (C=O) groups is 2. The number of amides is 1. The summed E-state index contributed by atoms with van der Waals surface area (Å²) in [5.74, 6) is -1.45. The highest BCUT2D eigenvalue weighted by atomic mass is 16.4. The number of benzene rings is 1. The van der Waals surface area contributed by atoms with Gasteiger partial charge in [0.15, 0.2) is 0 Å². The molecule has 1 heterocycles. The summed E-state index contributed by atoms with van der Waals surface area (Å²) < 4.78 is 0. The first-order valence-corrected chi connectivity index (χ1v) is 7.12. The molecule has 1 aromatic carbocycles. The van der Waals surface area contributed by atoms with Crippen molar-refractivity contribution in [1.29, 1.82) is 0 Å². The van der Waals surface area contributed by atoms with Gasteiger partial charge >= 0.3 is 5.97 Å². The van der Waals surface area contributed by atoms with E-state index >= 15 is 0 Å². The highest BCUT2D eigenvalue weighted by Gasteiger charge is 2.19. The van der Waals surface area contributed by atoms with Crippen molar-refractivity contribution in [3.05, 3.63) is 35.5 Å². The van der Waals surface area contributed by atoms with Gasteiger partial charge in [0, 0.05) is 35.8 Å². The Morgan fingerprint density at radius 3 is 2.52 bits per heavy atom. The number of hydrogen-bond donors (Lipinski definition) is 2. The molecule has 0 aliphatic heterocycles. The van der Waals surface area contributed by atoms with Crippen molar-refractivity contribution in [2.75, 3.05) is 13.1 Å². The zero-order chi connectivity index (χ0) is 15.6. The molecule has 5 heteroatoms. The third-order valence-electron chi connectivity index (χ3n) is 3.85. The van der Waals surface area contributed by atoms with Crippen molar-refractivity contribution < 1.29 is 14.7 Å². The molecule has 1 aromatic heterocycles. The van der Waals surface area contributed by atoms with Crippen molar-refractivity contribution in [2.45, 2.75) is 26.7 Å². The number of aromatic amines is 1. The van der Waals surface area contributed by atoms with Gasteiger partial charge in [-0.2, -0.15) is 0 Å². The number of H-pyrrole nitrogens is 1. The van der Waals surface area contributed by atoms with Crippen LogP contribution >= 0.6 is 0 Å². The van der Waals surface area contributed by atoms with Gasteiger partial charge in [-0.1, -0.05) is 6.07 Å². The molecule has 2 aromatic rings. The van der Waals surface area contributed by atoms with Crippen LogP contribution in [0.1, 0.15) is 42.6 Å². The molecule has 0 saturated heterocycles. The molecule has 0 spiro atoms. The van der Waals surface area contributed by atoms with Gasteiger partial charge in [-0.25, -0.2) is 0 Å². The second kappa shape index (κ2) is 5.99. The number of carbonyl (C=O) groups excluding carboxylic acids is 1. The fourth-order valence-electron chi connectivity index (χ4n) is 2.47. The normalized spacial score (nSPS) is 12.3. The summed E-state index contributed by atoms with van der Waals surface area (Å²) >= 11 is 0. The van der Waals surface area contributed by atoms with Gasteiger partial charge in [-0.3, -0.25) is 9.59 Å². The molecule has 0 aliphatic rings. The van der Waals surface area contributed by atoms with E-state index in [9.17, 15) is 9.59 Å². The smallest absolute Gasteiger partial charge is 0.310 e. The number of carboxylic acid groups (broad SMARTS) is 1. The lowest BCUT2D eigenvalue weighted by molar-refractivity contribution is -0.138. The molecule has 21 heavy (non-hydrogen) atoms. The van der Waals surface area contributed by atoms with Crippen molar-refractivity contribution in [3.63, 3.8) is 0 Å². The van der Waals surface area contributed by atoms with E-state index in [1.54, 1.807) is 30.2 Å². The van der Waals surface area contributed by atoms with Gasteiger partial charge in [0.2, 0.25) is 0 Å². The molecule has 0 aliphatic carbocycles. The minimum absolute atomic E-state index is 0.00988. The standard InChI is InChI=1S/C16H20N2O3/c1-4-18(5-2)15(19)11-6-7-12-13(10(3)16(20)21)9-17-14(12)8-11/h6-10,17H,4-5H2,1-3H3,(H,20,21). The lowest BCUT2D eigenvalue weighted by Gasteiger charge is -2.18. The Balaban J connectivity index is 2.40. The average molecular weight is 288 g/mol. The van der Waals surface area contributed by atoms with Crippen LogP contribution in [-0.2, 0) is 4.79 Å². The summed E-state index contributed by atoms with van der Waals surface area (Å²) in [6.45, 7) is 6.88. The highest BCUT2D eigenvalue weighted by Crippen LogP contribution is 2.26. The summed E-state index contributed by atoms with van der Waals surface area (Å²) in [5.41, 5.74) is 2.14. The SMILES string of the molecule is CCN(CC)C(=O)c1ccc2c(C(C)C(=O)O)c[nH]c2c1. The van der Waals surface area contributed by atoms with Crippen molar-refractivity contribution in [2.24, 2.45) is 0 Å². The monoisotopic (exact) mass is 288 g/mol. The number of nitrogens with zero attached hydrogens (tertiary/aromatic N) is 1. The third-order valence-corrected chi connectivity index (χ3v) is 3.85. The van der Waals surface area contributed by atoms with E-state index in [4.69, 9.17) is 5.11 Å². The topological polar surface area (TPSA) is 73.4 Å². The number of fused-ring (bicyclic) bond motifs is 1. The maximum absolute atomic E-state index is 12.3. The molecule has 0 saturated carbocycles. The maximum atomic E-state index is 12.3. The van der Waals surface area contributed by atoms with E-state index in [1.165, 1.54) is 0 Å². The Morgan fingerprint density at radius 1 is 1.29 bits per heavy atom. The highest BCUT2D eigenvalue weighted by molar-refractivity contribution is 5.99. The Morgan fingerprint density at radius 2 is 1.95 bits per heavy atom. The lowest BCUT2D eigenvalue weighted by atomic mass is 10.00. The first kappa shape index (κ1) is 15.1. The summed E-state index contributed by atoms with van der Waals surface area (Å²) in [6.07, 6.45) is 1.70. The second-order valence-corrected chi connectivity index (χ2v) is 5.04. The molecule has 2 N–H and O–H groups in total. The van der Waals surface area contributed by atoms with Gasteiger partial charge in [0.05, 0.1) is 5.92 Å². The van der Waals surface area contributed by atoms with Gasteiger partial charge in [-0.15, -0.1) is 0 Å². The number of carboxylic acids is 1. The summed E-state index contributed by atoms with van der Waals surface area (Å²) in [4.78, 5) is 28.2. The number of nitrogens with one attached hydrogen (secondary N) is 1. The van der Waals surface area contributed by atoms with Crippen LogP contribution in [0.3, 0.4) is 0 Å². The van der Waals surface area contributed by atoms with Crippen LogP contribution in [0.25, 0.3) is 10.9 Å². The molecule has 0 radical (unpaired) electrons. The van der Waals surface area contributed by atoms with Crippen molar-refractivity contribution in [3.8, 4) is 0 Å². The Labute approximate surface area is 123 Å². The van der Waals surface area contributed by atoms with Crippen LogP contribution in [0, 0.1) is 0 Å². The molecule has 1 atom stereocenters. The molecular formula is C16H20N2O3. The predicted molar refractivity (Wildman–Crippen MR) is 81.6 cm³/mol. The molecule has 2 rings (SSSR count). The quantitative estimate of drug-likeness (QED) is 0.888. The van der Waals surface area contributed by atoms with Crippen molar-refractivity contribution >= 4 is 22.8 Å². The minimum atomic E-state index is -0.862. The van der Waals surface area contributed by atoms with Crippen LogP contribution in [0.2, 0.25) is 0 Å². The number of rotatable bonds is 5. The van der Waals surface area contributed by atoms with Gasteiger partial charge in [0.25, 0.3) is 5.91 Å². The summed E-state index contributed by atoms with van der Waals surface area (Å²) in [5, 5.41) is 9.97. The number of aliphatic carboxylic acids is 1. The molecule has 5 nitrogen and oxygen atoms in total. The zero-order valence-electron chi connectivity index (χ0n) is 12.5. The maximum Gasteiger partial charge on any atom is 0.310 e. The van der Waals surface area contributed by atoms with Crippen LogP contribution in [-0.4, -0.2) is 40.0 Å². The van der Waals surface area contributed by atoms with E-state index in [2.05, 4.69) is 4.98 Å². The fourth-order valence-corrected chi connectivity index (χ4v) is 2.47. The second-order valence-electron chi connectivity index (χ2n) is 5.04. The first-order valence-electron chi connectivity index (χ1n) is 7.12. The van der Waals surface area contributed by atoms with Crippen LogP contribution < -0.4 is 0 Å². The third kappa shape index (κ3) is 2.77. The molecule has 0 fully saturated rings. The minimum Gasteiger partial charge on any atom is -0.481 e. The lowest BCUT2D eigenvalue weighted by Crippen LogP contribution is -2.30. The van der Waals surface area contributed by atoms with E-state index in [0.29, 0.717) is 18.7 Å². The Bertz CT molecular complexity index is 671. The van der Waals surface area contributed by atoms with Crippen LogP contribution in [0.4, 0.5) is 0 Å². The van der Waals surface area contributed by atoms with Gasteiger partial charge < -0.3 is 15.0 Å². The number of hydrogen-bond acceptors (Lipinski definition) is 2. The molecule has 1 amide bonds. The van der Waals surface area contributed by atoms with E-state index in [1.807, 2.05) is 19.9 Å². The average Bonchev–Trinajstić information content (AvgIpc) is 2.90. The van der Waals surface area contributed by atoms with E-state index in [0.717, 1.165) is 16.5 Å². The van der Waals surface area contributed by atoms with Gasteiger partial charge in [-0.05, 0) is 38.5 Å². The fraction of sp³-hybridized carbons (Fsp3) is 0.375. The van der Waals surface area contributed by atoms with Crippen LogP contribution in [0.15, 0.2) is 24.4 Å². The van der Waals surface area contributed by atoms with E-state index in [-0.39, 0.29) is 5.91 Å². The largest absolute Gasteiger partial charge is 0.481 e. The first-order chi connectivity index (χ1) is 9.99. The molecule has 0 bridgehead atoms. The zero-order valence-corrected chi connectivity index (χ0v) is 12.5. The Hall–Kier alpha value is -2.30. The van der Waals surface area contributed by atoms with Crippen LogP contribution in [0.5, 0.6) is 0 Å². The Kier molecular flexibility index (Phi) is 4.31. The summed E-state index contributed by atoms with van der Waals surface area (Å²) in [7, 11) is 0. The summed E-state index contributed by atoms with van der Waals surface area (Å²) in [6, 6.07) is 5.36. The molecule has 1 unspecified atom stereocenters. The van der Waals surface area contributed by atoms with Gasteiger partial charge in [0.1, 0.15) is 0 Å². The molecule has 112 valence electrons. The van der Waals surface area contributed by atoms with Crippen molar-refractivity contribution in [1.82, 2.24) is 9.88 Å². The van der Waals surface area contributed by atoms with E-state index < -0.39 is 11.9 Å².